The first kappa shape index (κ1) is 16.2. The second-order valence-electron chi connectivity index (χ2n) is 4.46. The van der Waals surface area contributed by atoms with Gasteiger partial charge in [-0.3, -0.25) is 14.9 Å². The quantitative estimate of drug-likeness (QED) is 0.400. The highest BCUT2D eigenvalue weighted by Gasteiger charge is 2.12. The minimum absolute atomic E-state index is 0.123. The molecule has 0 saturated heterocycles. The molecule has 0 radical (unpaired) electrons. The topological polar surface area (TPSA) is 96.0 Å². The van der Waals surface area contributed by atoms with Gasteiger partial charge in [-0.25, -0.2) is 0 Å². The highest BCUT2D eigenvalue weighted by molar-refractivity contribution is 6.34. The molecule has 1 N–H and O–H groups in total. The molecule has 0 unspecified atom stereocenters. The van der Waals surface area contributed by atoms with Crippen molar-refractivity contribution in [2.75, 3.05) is 5.32 Å². The molecule has 0 spiro atoms. The smallest absolute Gasteiger partial charge is 0.270 e. The van der Waals surface area contributed by atoms with Gasteiger partial charge in [-0.15, -0.1) is 0 Å². The van der Waals surface area contributed by atoms with Crippen molar-refractivity contribution in [3.05, 3.63) is 74.8 Å². The molecule has 0 saturated carbocycles. The van der Waals surface area contributed by atoms with Crippen LogP contribution in [0.5, 0.6) is 0 Å². The van der Waals surface area contributed by atoms with E-state index in [1.165, 1.54) is 24.3 Å². The standard InChI is InChI=1S/C16H10ClN3O3/c17-14-6-1-2-7-15(14)19-16(21)12(10-18)8-11-4-3-5-13(9-11)20(22)23/h1-9H,(H,19,21)/b12-8+. The Labute approximate surface area is 136 Å². The lowest BCUT2D eigenvalue weighted by atomic mass is 10.1. The van der Waals surface area contributed by atoms with Crippen molar-refractivity contribution in [3.8, 4) is 6.07 Å². The Bertz CT molecular complexity index is 840. The average molecular weight is 328 g/mol. The number of nitrogens with one attached hydrogen (secondary N) is 1. The first-order valence-corrected chi connectivity index (χ1v) is 6.81. The largest absolute Gasteiger partial charge is 0.320 e. The maximum absolute atomic E-state index is 12.1. The molecule has 0 bridgehead atoms. The maximum Gasteiger partial charge on any atom is 0.270 e. The van der Waals surface area contributed by atoms with Gasteiger partial charge < -0.3 is 5.32 Å². The summed E-state index contributed by atoms with van der Waals surface area (Å²) >= 11 is 5.94. The van der Waals surface area contributed by atoms with Gasteiger partial charge in [-0.2, -0.15) is 5.26 Å². The first-order chi connectivity index (χ1) is 11.0. The van der Waals surface area contributed by atoms with Crippen LogP contribution in [0.25, 0.3) is 6.08 Å². The second-order valence-corrected chi connectivity index (χ2v) is 4.86. The summed E-state index contributed by atoms with van der Waals surface area (Å²) in [5.74, 6) is -0.646. The lowest BCUT2D eigenvalue weighted by Gasteiger charge is -2.06. The summed E-state index contributed by atoms with van der Waals surface area (Å²) in [6.45, 7) is 0. The van der Waals surface area contributed by atoms with Crippen LogP contribution in [0.2, 0.25) is 5.02 Å². The van der Waals surface area contributed by atoms with E-state index in [4.69, 9.17) is 16.9 Å². The van der Waals surface area contributed by atoms with Gasteiger partial charge in [0.15, 0.2) is 0 Å². The lowest BCUT2D eigenvalue weighted by Crippen LogP contribution is -2.13. The number of hydrogen-bond donors (Lipinski definition) is 1. The normalized spacial score (nSPS) is 10.7. The molecule has 0 aliphatic heterocycles. The van der Waals surface area contributed by atoms with Crippen LogP contribution in [-0.4, -0.2) is 10.8 Å². The molecule has 2 aromatic carbocycles. The number of hydrogen-bond acceptors (Lipinski definition) is 4. The summed E-state index contributed by atoms with van der Waals surface area (Å²) in [5, 5.41) is 22.7. The molecule has 114 valence electrons. The molecule has 6 nitrogen and oxygen atoms in total. The Kier molecular flexibility index (Phi) is 5.07. The van der Waals surface area contributed by atoms with Crippen molar-refractivity contribution in [1.29, 1.82) is 5.26 Å². The summed E-state index contributed by atoms with van der Waals surface area (Å²) in [6, 6.07) is 14.0. The fourth-order valence-corrected chi connectivity index (χ4v) is 1.98. The zero-order valence-corrected chi connectivity index (χ0v) is 12.4. The van der Waals surface area contributed by atoms with Gasteiger partial charge in [0, 0.05) is 12.1 Å². The molecule has 23 heavy (non-hydrogen) atoms. The van der Waals surface area contributed by atoms with E-state index >= 15 is 0 Å². The van der Waals surface area contributed by atoms with Gasteiger partial charge in [-0.05, 0) is 23.8 Å². The van der Waals surface area contributed by atoms with Crippen LogP contribution in [0.4, 0.5) is 11.4 Å². The second kappa shape index (κ2) is 7.20. The first-order valence-electron chi connectivity index (χ1n) is 6.43. The molecule has 0 aliphatic rings. The number of nitro benzene ring substituents is 1. The number of nitrogens with zero attached hydrogens (tertiary/aromatic N) is 2. The number of para-hydroxylation sites is 1. The fraction of sp³-hybridized carbons (Fsp3) is 0. The van der Waals surface area contributed by atoms with Crippen LogP contribution in [0.3, 0.4) is 0 Å². The van der Waals surface area contributed by atoms with Gasteiger partial charge in [-0.1, -0.05) is 35.9 Å². The van der Waals surface area contributed by atoms with Crippen LogP contribution in [-0.2, 0) is 4.79 Å². The fourth-order valence-electron chi connectivity index (χ4n) is 1.80. The van der Waals surface area contributed by atoms with Gasteiger partial charge in [0.2, 0.25) is 0 Å². The van der Waals surface area contributed by atoms with Crippen LogP contribution >= 0.6 is 11.6 Å². The molecule has 0 aliphatic carbocycles. The Morgan fingerprint density at radius 3 is 2.65 bits per heavy atom. The van der Waals surface area contributed by atoms with Crippen molar-refractivity contribution >= 4 is 35.0 Å². The Balaban J connectivity index is 2.27. The summed E-state index contributed by atoms with van der Waals surface area (Å²) in [7, 11) is 0. The van der Waals surface area contributed by atoms with Gasteiger partial charge >= 0.3 is 0 Å². The molecule has 0 heterocycles. The molecule has 0 fully saturated rings. The van der Waals surface area contributed by atoms with E-state index in [9.17, 15) is 14.9 Å². The summed E-state index contributed by atoms with van der Waals surface area (Å²) in [6.07, 6.45) is 1.28. The predicted octanol–water partition coefficient (Wildman–Crippen LogP) is 3.79. The van der Waals surface area contributed by atoms with Crippen LogP contribution < -0.4 is 5.32 Å². The molecule has 2 rings (SSSR count). The third-order valence-corrected chi connectivity index (χ3v) is 3.21. The van der Waals surface area contributed by atoms with Crippen LogP contribution in [0, 0.1) is 21.4 Å². The zero-order chi connectivity index (χ0) is 16.8. The molecule has 0 atom stereocenters. The molecule has 2 aromatic rings. The van der Waals surface area contributed by atoms with E-state index in [1.54, 1.807) is 36.4 Å². The van der Waals surface area contributed by atoms with E-state index in [2.05, 4.69) is 5.32 Å². The molecular weight excluding hydrogens is 318 g/mol. The van der Waals surface area contributed by atoms with Crippen LogP contribution in [0.1, 0.15) is 5.56 Å². The third kappa shape index (κ3) is 4.15. The van der Waals surface area contributed by atoms with Crippen molar-refractivity contribution in [2.24, 2.45) is 0 Å². The Hall–Kier alpha value is -3.17. The number of nitriles is 1. The monoisotopic (exact) mass is 327 g/mol. The minimum Gasteiger partial charge on any atom is -0.320 e. The molecule has 0 aromatic heterocycles. The van der Waals surface area contributed by atoms with Crippen molar-refractivity contribution in [1.82, 2.24) is 0 Å². The number of anilines is 1. The molecule has 7 heteroatoms. The SMILES string of the molecule is N#C/C(=C\c1cccc([N+](=O)[O-])c1)C(=O)Nc1ccccc1Cl. The van der Waals surface area contributed by atoms with Gasteiger partial charge in [0.25, 0.3) is 11.6 Å². The predicted molar refractivity (Wildman–Crippen MR) is 86.8 cm³/mol. The van der Waals surface area contributed by atoms with Crippen molar-refractivity contribution in [2.45, 2.75) is 0 Å². The Morgan fingerprint density at radius 1 is 1.26 bits per heavy atom. The average Bonchev–Trinajstić information content (AvgIpc) is 2.55. The number of rotatable bonds is 4. The van der Waals surface area contributed by atoms with Crippen molar-refractivity contribution in [3.63, 3.8) is 0 Å². The maximum atomic E-state index is 12.1. The molecular formula is C16H10ClN3O3. The lowest BCUT2D eigenvalue weighted by molar-refractivity contribution is -0.384. The summed E-state index contributed by atoms with van der Waals surface area (Å²) in [4.78, 5) is 22.3. The van der Waals surface area contributed by atoms with E-state index in [1.807, 2.05) is 0 Å². The number of benzene rings is 2. The van der Waals surface area contributed by atoms with E-state index < -0.39 is 10.8 Å². The summed E-state index contributed by atoms with van der Waals surface area (Å²) < 4.78 is 0. The number of nitro groups is 1. The zero-order valence-electron chi connectivity index (χ0n) is 11.7. The third-order valence-electron chi connectivity index (χ3n) is 2.88. The Morgan fingerprint density at radius 2 is 2.00 bits per heavy atom. The summed E-state index contributed by atoms with van der Waals surface area (Å²) in [5.41, 5.74) is 0.442. The number of non-ortho nitro benzene ring substituents is 1. The van der Waals surface area contributed by atoms with Gasteiger partial charge in [0.05, 0.1) is 15.6 Å². The van der Waals surface area contributed by atoms with E-state index in [0.717, 1.165) is 0 Å². The molecule has 1 amide bonds. The highest BCUT2D eigenvalue weighted by Crippen LogP contribution is 2.21. The number of amides is 1. The number of halogens is 1. The minimum atomic E-state index is -0.646. The van der Waals surface area contributed by atoms with E-state index in [0.29, 0.717) is 16.3 Å². The van der Waals surface area contributed by atoms with Crippen LogP contribution in [0.15, 0.2) is 54.1 Å². The highest BCUT2D eigenvalue weighted by atomic mass is 35.5. The van der Waals surface area contributed by atoms with E-state index in [-0.39, 0.29) is 11.3 Å². The van der Waals surface area contributed by atoms with Crippen molar-refractivity contribution < 1.29 is 9.72 Å². The van der Waals surface area contributed by atoms with Gasteiger partial charge in [0.1, 0.15) is 11.6 Å². The number of carbonyl (C=O) groups is 1. The number of carbonyl (C=O) groups excluding carboxylic acids is 1.